The maximum Gasteiger partial charge on any atom is 0.407 e. The third-order valence-electron chi connectivity index (χ3n) is 8.39. The fraction of sp³-hybridized carbons (Fsp3) is 0.690. The van der Waals surface area contributed by atoms with Crippen LogP contribution in [0.15, 0.2) is 48.5 Å². The van der Waals surface area contributed by atoms with E-state index in [2.05, 4.69) is 29.6 Å². The van der Waals surface area contributed by atoms with Crippen LogP contribution in [0.5, 0.6) is 0 Å². The number of fused-ring (bicyclic) bond motifs is 3. The first-order valence-electron chi connectivity index (χ1n) is 20.4. The van der Waals surface area contributed by atoms with Crippen molar-refractivity contribution in [1.82, 2.24) is 5.32 Å². The van der Waals surface area contributed by atoms with Crippen molar-refractivity contribution < 1.29 is 70.8 Å². The number of hydrogen-bond acceptors (Lipinski definition) is 14. The normalized spacial score (nSPS) is 12.2. The molecule has 0 bridgehead atoms. The number of nitrogens with one attached hydrogen (secondary N) is 1. The second kappa shape index (κ2) is 36.0. The van der Waals surface area contributed by atoms with Crippen molar-refractivity contribution in [3.63, 3.8) is 0 Å². The number of alkyl carbamates (subject to hydrolysis) is 1. The van der Waals surface area contributed by atoms with Crippen LogP contribution in [0.4, 0.5) is 9.18 Å². The summed E-state index contributed by atoms with van der Waals surface area (Å²) in [6.07, 6.45) is 0.261. The Morgan fingerprint density at radius 1 is 0.431 bits per heavy atom. The van der Waals surface area contributed by atoms with E-state index >= 15 is 0 Å². The molecule has 0 aromatic heterocycles. The molecule has 1 aliphatic carbocycles. The Morgan fingerprint density at radius 2 is 0.724 bits per heavy atom. The maximum absolute atomic E-state index is 12.3. The largest absolute Gasteiger partial charge is 0.449 e. The highest BCUT2D eigenvalue weighted by Crippen LogP contribution is 2.44. The van der Waals surface area contributed by atoms with Crippen molar-refractivity contribution in [3.8, 4) is 11.1 Å². The van der Waals surface area contributed by atoms with Gasteiger partial charge in [-0.05, 0) is 28.7 Å². The van der Waals surface area contributed by atoms with Gasteiger partial charge in [-0.25, -0.2) is 9.18 Å². The molecule has 0 heterocycles. The zero-order valence-electron chi connectivity index (χ0n) is 34.1. The maximum atomic E-state index is 12.3. The third-order valence-corrected chi connectivity index (χ3v) is 8.39. The van der Waals surface area contributed by atoms with Crippen molar-refractivity contribution in [3.05, 3.63) is 59.7 Å². The van der Waals surface area contributed by atoms with Crippen LogP contribution in [0.1, 0.15) is 23.5 Å². The molecular formula is C42H66FNO14. The summed E-state index contributed by atoms with van der Waals surface area (Å²) >= 11 is 0. The van der Waals surface area contributed by atoms with Crippen LogP contribution in [0.25, 0.3) is 11.1 Å². The average Bonchev–Trinajstić information content (AvgIpc) is 3.57. The fourth-order valence-corrected chi connectivity index (χ4v) is 5.59. The standard InChI is InChI=1S/C42H66FNO14/c43-10-13-47-15-17-49-19-21-51-23-25-53-27-29-55-31-33-57-35-34-56-32-30-54-28-26-52-24-22-50-20-18-48-16-14-46-12-5-11-44-42(45)58-36-41-39-8-3-1-6-37(39)38-7-2-4-9-40(38)41/h1-4,6-9,41H,5,10-36H2,(H,44,45). The molecule has 1 N–H and O–H groups in total. The van der Waals surface area contributed by atoms with E-state index in [0.717, 1.165) is 0 Å². The summed E-state index contributed by atoms with van der Waals surface area (Å²) in [6.45, 7) is 11.4. The van der Waals surface area contributed by atoms with Gasteiger partial charge in [0.1, 0.15) is 13.3 Å². The lowest BCUT2D eigenvalue weighted by Crippen LogP contribution is -2.27. The van der Waals surface area contributed by atoms with Crippen molar-refractivity contribution >= 4 is 6.09 Å². The number of rotatable bonds is 41. The van der Waals surface area contributed by atoms with Crippen LogP contribution < -0.4 is 5.32 Å². The van der Waals surface area contributed by atoms with Crippen molar-refractivity contribution in [2.45, 2.75) is 12.3 Å². The molecule has 0 fully saturated rings. The number of alkyl halides is 1. The molecule has 0 radical (unpaired) electrons. The molecule has 0 spiro atoms. The van der Waals surface area contributed by atoms with Gasteiger partial charge in [-0.15, -0.1) is 0 Å². The molecule has 2 aromatic carbocycles. The summed E-state index contributed by atoms with van der Waals surface area (Å²) in [5.41, 5.74) is 4.80. The number of ether oxygens (including phenoxy) is 13. The van der Waals surface area contributed by atoms with E-state index in [4.69, 9.17) is 61.6 Å². The van der Waals surface area contributed by atoms with E-state index in [0.29, 0.717) is 172 Å². The third kappa shape index (κ3) is 24.3. The van der Waals surface area contributed by atoms with Crippen molar-refractivity contribution in [2.75, 3.05) is 178 Å². The first kappa shape index (κ1) is 49.5. The molecule has 3 rings (SSSR count). The Kier molecular flexibility index (Phi) is 30.8. The monoisotopic (exact) mass is 827 g/mol. The molecule has 1 amide bonds. The molecule has 0 saturated carbocycles. The zero-order chi connectivity index (χ0) is 40.8. The second-order valence-electron chi connectivity index (χ2n) is 12.6. The second-order valence-corrected chi connectivity index (χ2v) is 12.6. The molecule has 0 aliphatic heterocycles. The highest BCUT2D eigenvalue weighted by molar-refractivity contribution is 5.79. The zero-order valence-corrected chi connectivity index (χ0v) is 34.1. The topological polar surface area (TPSA) is 149 Å². The molecular weight excluding hydrogens is 761 g/mol. The van der Waals surface area contributed by atoms with Crippen LogP contribution in [0, 0.1) is 0 Å². The van der Waals surface area contributed by atoms with Crippen LogP contribution in [-0.4, -0.2) is 184 Å². The Bertz CT molecular complexity index is 1220. The van der Waals surface area contributed by atoms with Crippen molar-refractivity contribution in [1.29, 1.82) is 0 Å². The van der Waals surface area contributed by atoms with Crippen LogP contribution >= 0.6 is 0 Å². The summed E-state index contributed by atoms with van der Waals surface area (Å²) < 4.78 is 82.6. The molecule has 0 atom stereocenters. The van der Waals surface area contributed by atoms with Gasteiger partial charge in [0.05, 0.1) is 152 Å². The van der Waals surface area contributed by atoms with Gasteiger partial charge in [-0.2, -0.15) is 0 Å². The summed E-state index contributed by atoms with van der Waals surface area (Å²) in [5, 5.41) is 2.80. The minimum absolute atomic E-state index is 0.0457. The average molecular weight is 828 g/mol. The van der Waals surface area contributed by atoms with E-state index in [1.165, 1.54) is 22.3 Å². The van der Waals surface area contributed by atoms with Crippen LogP contribution in [-0.2, 0) is 61.6 Å². The molecule has 0 saturated heterocycles. The smallest absolute Gasteiger partial charge is 0.407 e. The van der Waals surface area contributed by atoms with Crippen LogP contribution in [0.3, 0.4) is 0 Å². The molecule has 330 valence electrons. The fourth-order valence-electron chi connectivity index (χ4n) is 5.59. The van der Waals surface area contributed by atoms with E-state index in [1.54, 1.807) is 0 Å². The van der Waals surface area contributed by atoms with E-state index < -0.39 is 12.8 Å². The molecule has 2 aromatic rings. The highest BCUT2D eigenvalue weighted by Gasteiger charge is 2.28. The Hall–Kier alpha value is -2.84. The number of benzene rings is 2. The highest BCUT2D eigenvalue weighted by atomic mass is 19.1. The lowest BCUT2D eigenvalue weighted by molar-refractivity contribution is -0.0284. The minimum atomic E-state index is -0.480. The number of halogens is 1. The predicted molar refractivity (Wildman–Crippen MR) is 213 cm³/mol. The van der Waals surface area contributed by atoms with Gasteiger partial charge >= 0.3 is 6.09 Å². The molecule has 58 heavy (non-hydrogen) atoms. The Morgan fingerprint density at radius 3 is 1.05 bits per heavy atom. The molecule has 15 nitrogen and oxygen atoms in total. The summed E-state index contributed by atoms with van der Waals surface area (Å²) in [7, 11) is 0. The van der Waals surface area contributed by atoms with E-state index in [-0.39, 0.29) is 12.5 Å². The summed E-state index contributed by atoms with van der Waals surface area (Å²) in [5.74, 6) is 0.0457. The van der Waals surface area contributed by atoms with Crippen LogP contribution in [0.2, 0.25) is 0 Å². The predicted octanol–water partition coefficient (Wildman–Crippen LogP) is 4.08. The molecule has 1 aliphatic rings. The summed E-state index contributed by atoms with van der Waals surface area (Å²) in [6, 6.07) is 16.6. The number of hydrogen-bond donors (Lipinski definition) is 1. The van der Waals surface area contributed by atoms with Gasteiger partial charge in [0.25, 0.3) is 0 Å². The van der Waals surface area contributed by atoms with Gasteiger partial charge < -0.3 is 66.9 Å². The number of carbonyl (C=O) groups is 1. The van der Waals surface area contributed by atoms with Gasteiger partial charge in [-0.1, -0.05) is 48.5 Å². The Labute approximate surface area is 343 Å². The van der Waals surface area contributed by atoms with Gasteiger partial charge in [0.2, 0.25) is 0 Å². The summed E-state index contributed by atoms with van der Waals surface area (Å²) in [4.78, 5) is 12.3. The van der Waals surface area contributed by atoms with E-state index in [1.807, 2.05) is 24.3 Å². The molecule has 16 heteroatoms. The minimum Gasteiger partial charge on any atom is -0.449 e. The number of carbonyl (C=O) groups excluding carboxylic acids is 1. The lowest BCUT2D eigenvalue weighted by atomic mass is 9.98. The van der Waals surface area contributed by atoms with Gasteiger partial charge in [-0.3, -0.25) is 0 Å². The van der Waals surface area contributed by atoms with Gasteiger partial charge in [0.15, 0.2) is 0 Å². The lowest BCUT2D eigenvalue weighted by Gasteiger charge is -2.14. The first-order chi connectivity index (χ1) is 28.8. The first-order valence-corrected chi connectivity index (χ1v) is 20.4. The molecule has 0 unspecified atom stereocenters. The van der Waals surface area contributed by atoms with Crippen molar-refractivity contribution in [2.24, 2.45) is 0 Å². The SMILES string of the molecule is O=C(NCCCOCCOCCOCCOCCOCCOCCOCCOCCOCCOCCOCCOCCF)OCC1c2ccccc2-c2ccccc21. The Balaban J connectivity index is 0.927. The number of amides is 1. The van der Waals surface area contributed by atoms with E-state index in [9.17, 15) is 9.18 Å². The van der Waals surface area contributed by atoms with Gasteiger partial charge in [0, 0.05) is 19.1 Å². The quantitative estimate of drug-likeness (QED) is 0.0960.